The Balaban J connectivity index is 2.14. The van der Waals surface area contributed by atoms with E-state index in [0.29, 0.717) is 12.1 Å². The Labute approximate surface area is 141 Å². The molecule has 0 N–H and O–H groups in total. The van der Waals surface area contributed by atoms with Gasteiger partial charge in [0.2, 0.25) is 0 Å². The summed E-state index contributed by atoms with van der Waals surface area (Å²) in [7, 11) is 1.37. The number of benzene rings is 1. The van der Waals surface area contributed by atoms with Crippen LogP contribution in [-0.2, 0) is 16.1 Å². The number of nitrogens with zero attached hydrogens (tertiary/aromatic N) is 2. The lowest BCUT2D eigenvalue weighted by Crippen LogP contribution is -2.09. The van der Waals surface area contributed by atoms with Crippen molar-refractivity contribution in [3.05, 3.63) is 58.4 Å². The first-order valence-electron chi connectivity index (χ1n) is 7.82. The Morgan fingerprint density at radius 2 is 1.83 bits per heavy atom. The van der Waals surface area contributed by atoms with Crippen LogP contribution in [0.25, 0.3) is 6.08 Å². The molecule has 0 spiro atoms. The van der Waals surface area contributed by atoms with Crippen LogP contribution in [0.15, 0.2) is 30.3 Å². The van der Waals surface area contributed by atoms with Gasteiger partial charge in [0.15, 0.2) is 5.78 Å². The lowest BCUT2D eigenvalue weighted by Gasteiger charge is -2.03. The Morgan fingerprint density at radius 3 is 2.46 bits per heavy atom. The van der Waals surface area contributed by atoms with Gasteiger partial charge in [-0.15, -0.1) is 0 Å². The van der Waals surface area contributed by atoms with Gasteiger partial charge in [-0.25, -0.2) is 0 Å². The van der Waals surface area contributed by atoms with Gasteiger partial charge < -0.3 is 4.74 Å². The van der Waals surface area contributed by atoms with Crippen molar-refractivity contribution in [3.63, 3.8) is 0 Å². The minimum absolute atomic E-state index is 0.0453. The van der Waals surface area contributed by atoms with E-state index in [1.165, 1.54) is 7.11 Å². The molecule has 0 atom stereocenters. The van der Waals surface area contributed by atoms with Crippen LogP contribution < -0.4 is 0 Å². The molecule has 1 aromatic carbocycles. The second-order valence-electron chi connectivity index (χ2n) is 5.70. The molecule has 0 radical (unpaired) electrons. The van der Waals surface area contributed by atoms with Gasteiger partial charge in [0.1, 0.15) is 0 Å². The highest BCUT2D eigenvalue weighted by Crippen LogP contribution is 2.16. The van der Waals surface area contributed by atoms with E-state index in [-0.39, 0.29) is 18.2 Å². The molecule has 1 aromatic heterocycles. The number of esters is 1. The third kappa shape index (κ3) is 4.19. The van der Waals surface area contributed by atoms with Crippen molar-refractivity contribution in [2.45, 2.75) is 33.7 Å². The number of allylic oxidation sites excluding steroid dienone is 1. The average Bonchev–Trinajstić information content (AvgIpc) is 2.84. The van der Waals surface area contributed by atoms with E-state index >= 15 is 0 Å². The van der Waals surface area contributed by atoms with Crippen molar-refractivity contribution in [1.29, 1.82) is 0 Å². The molecule has 0 aliphatic carbocycles. The van der Waals surface area contributed by atoms with Gasteiger partial charge in [-0.05, 0) is 32.9 Å². The summed E-state index contributed by atoms with van der Waals surface area (Å²) in [6.45, 7) is 6.25. The highest BCUT2D eigenvalue weighted by atomic mass is 16.5. The van der Waals surface area contributed by atoms with Gasteiger partial charge in [-0.2, -0.15) is 5.10 Å². The second kappa shape index (κ2) is 7.73. The number of carbonyl (C=O) groups excluding carboxylic acids is 2. The largest absolute Gasteiger partial charge is 0.469 e. The lowest BCUT2D eigenvalue weighted by atomic mass is 10.1. The topological polar surface area (TPSA) is 61.2 Å². The number of ether oxygens (including phenoxy) is 1. The number of aromatic nitrogens is 2. The summed E-state index contributed by atoms with van der Waals surface area (Å²) in [6.07, 6.45) is 3.62. The minimum atomic E-state index is -0.269. The smallest absolute Gasteiger partial charge is 0.307 e. The SMILES string of the molecule is COC(=O)CCn1nc(C)c(/C=C/C(=O)c2ccc(C)cc2)c1C. The zero-order valence-electron chi connectivity index (χ0n) is 14.5. The van der Waals surface area contributed by atoms with Gasteiger partial charge >= 0.3 is 5.97 Å². The molecule has 0 unspecified atom stereocenters. The maximum Gasteiger partial charge on any atom is 0.307 e. The highest BCUT2D eigenvalue weighted by molar-refractivity contribution is 6.06. The van der Waals surface area contributed by atoms with Crippen LogP contribution in [-0.4, -0.2) is 28.6 Å². The van der Waals surface area contributed by atoms with Crippen LogP contribution in [0.1, 0.15) is 39.3 Å². The van der Waals surface area contributed by atoms with Crippen molar-refractivity contribution in [3.8, 4) is 0 Å². The third-order valence-electron chi connectivity index (χ3n) is 3.93. The van der Waals surface area contributed by atoms with E-state index in [4.69, 9.17) is 0 Å². The number of hydrogen-bond acceptors (Lipinski definition) is 4. The molecule has 126 valence electrons. The van der Waals surface area contributed by atoms with Crippen LogP contribution >= 0.6 is 0 Å². The van der Waals surface area contributed by atoms with Gasteiger partial charge in [-0.3, -0.25) is 14.3 Å². The Morgan fingerprint density at radius 1 is 1.17 bits per heavy atom. The van der Waals surface area contributed by atoms with Crippen LogP contribution in [0.4, 0.5) is 0 Å². The lowest BCUT2D eigenvalue weighted by molar-refractivity contribution is -0.140. The summed E-state index contributed by atoms with van der Waals surface area (Å²) in [6, 6.07) is 7.48. The molecule has 0 bridgehead atoms. The zero-order valence-corrected chi connectivity index (χ0v) is 14.5. The molecule has 0 saturated heterocycles. The van der Waals surface area contributed by atoms with Crippen molar-refractivity contribution in [2.75, 3.05) is 7.11 Å². The monoisotopic (exact) mass is 326 g/mol. The molecule has 0 aliphatic heterocycles. The van der Waals surface area contributed by atoms with E-state index in [1.54, 1.807) is 16.8 Å². The Bertz CT molecular complexity index is 771. The van der Waals surface area contributed by atoms with Crippen molar-refractivity contribution >= 4 is 17.8 Å². The molecule has 2 rings (SSSR count). The standard InChI is InChI=1S/C19H22N2O3/c1-13-5-7-16(8-6-13)18(22)10-9-17-14(2)20-21(15(17)3)12-11-19(23)24-4/h5-10H,11-12H2,1-4H3/b10-9+. The number of methoxy groups -OCH3 is 1. The predicted molar refractivity (Wildman–Crippen MR) is 92.9 cm³/mol. The fraction of sp³-hybridized carbons (Fsp3) is 0.316. The molecule has 5 nitrogen and oxygen atoms in total. The van der Waals surface area contributed by atoms with Crippen LogP contribution in [0.5, 0.6) is 0 Å². The number of carbonyl (C=O) groups is 2. The molecule has 0 amide bonds. The van der Waals surface area contributed by atoms with Crippen molar-refractivity contribution in [1.82, 2.24) is 9.78 Å². The fourth-order valence-corrected chi connectivity index (χ4v) is 2.44. The summed E-state index contributed by atoms with van der Waals surface area (Å²) in [5, 5.41) is 4.43. The Hall–Kier alpha value is -2.69. The normalized spacial score (nSPS) is 11.0. The molecule has 24 heavy (non-hydrogen) atoms. The molecule has 5 heteroatoms. The summed E-state index contributed by atoms with van der Waals surface area (Å²) in [5.41, 5.74) is 4.43. The van der Waals surface area contributed by atoms with E-state index in [1.807, 2.05) is 45.0 Å². The van der Waals surface area contributed by atoms with Crippen molar-refractivity contribution < 1.29 is 14.3 Å². The fourth-order valence-electron chi connectivity index (χ4n) is 2.44. The van der Waals surface area contributed by atoms with E-state index in [0.717, 1.165) is 22.5 Å². The molecular weight excluding hydrogens is 304 g/mol. The molecular formula is C19H22N2O3. The summed E-state index contributed by atoms with van der Waals surface area (Å²) in [4.78, 5) is 23.5. The first kappa shape index (κ1) is 17.7. The third-order valence-corrected chi connectivity index (χ3v) is 3.93. The summed E-state index contributed by atoms with van der Waals surface area (Å²) >= 11 is 0. The van der Waals surface area contributed by atoms with Crippen LogP contribution in [0, 0.1) is 20.8 Å². The number of aryl methyl sites for hydroxylation is 3. The summed E-state index contributed by atoms with van der Waals surface area (Å²) < 4.78 is 6.41. The molecule has 2 aromatic rings. The predicted octanol–water partition coefficient (Wildman–Crippen LogP) is 3.27. The highest BCUT2D eigenvalue weighted by Gasteiger charge is 2.11. The van der Waals surface area contributed by atoms with Gasteiger partial charge in [0.05, 0.1) is 25.8 Å². The van der Waals surface area contributed by atoms with Crippen LogP contribution in [0.3, 0.4) is 0 Å². The van der Waals surface area contributed by atoms with E-state index < -0.39 is 0 Å². The first-order chi connectivity index (χ1) is 11.4. The molecule has 1 heterocycles. The minimum Gasteiger partial charge on any atom is -0.469 e. The first-order valence-corrected chi connectivity index (χ1v) is 7.82. The van der Waals surface area contributed by atoms with Crippen LogP contribution in [0.2, 0.25) is 0 Å². The van der Waals surface area contributed by atoms with Gasteiger partial charge in [0.25, 0.3) is 0 Å². The number of hydrogen-bond donors (Lipinski definition) is 0. The maximum absolute atomic E-state index is 12.2. The van der Waals surface area contributed by atoms with Gasteiger partial charge in [-0.1, -0.05) is 29.8 Å². The van der Waals surface area contributed by atoms with E-state index in [2.05, 4.69) is 9.84 Å². The Kier molecular flexibility index (Phi) is 5.68. The van der Waals surface area contributed by atoms with Gasteiger partial charge in [0, 0.05) is 16.8 Å². The summed E-state index contributed by atoms with van der Waals surface area (Å²) in [5.74, 6) is -0.315. The zero-order chi connectivity index (χ0) is 17.7. The quantitative estimate of drug-likeness (QED) is 0.464. The number of ketones is 1. The average molecular weight is 326 g/mol. The number of rotatable bonds is 6. The molecule has 0 saturated carbocycles. The van der Waals surface area contributed by atoms with Crippen molar-refractivity contribution in [2.24, 2.45) is 0 Å². The maximum atomic E-state index is 12.2. The molecule has 0 aliphatic rings. The molecule has 0 fully saturated rings. The van der Waals surface area contributed by atoms with E-state index in [9.17, 15) is 9.59 Å². The second-order valence-corrected chi connectivity index (χ2v) is 5.70.